The number of hydrogen-bond acceptors (Lipinski definition) is 2. The van der Waals surface area contributed by atoms with Gasteiger partial charge in [0.1, 0.15) is 0 Å². The fourth-order valence-electron chi connectivity index (χ4n) is 3.01. The molecule has 1 aliphatic rings. The average molecular weight is 248 g/mol. The van der Waals surface area contributed by atoms with Gasteiger partial charge in [-0.05, 0) is 50.0 Å². The maximum atomic E-state index is 10.5. The van der Waals surface area contributed by atoms with E-state index in [0.717, 1.165) is 45.1 Å². The summed E-state index contributed by atoms with van der Waals surface area (Å²) in [5.41, 5.74) is 0.987. The molecule has 0 radical (unpaired) electrons. The molecule has 0 amide bonds. The van der Waals surface area contributed by atoms with E-state index in [0.29, 0.717) is 5.92 Å². The topological polar surface area (TPSA) is 29.5 Å². The maximum absolute atomic E-state index is 10.5. The van der Waals surface area contributed by atoms with Crippen molar-refractivity contribution in [1.82, 2.24) is 0 Å². The Bertz CT molecular complexity index is 339. The van der Waals surface area contributed by atoms with Gasteiger partial charge in [0.15, 0.2) is 0 Å². The van der Waals surface area contributed by atoms with Gasteiger partial charge >= 0.3 is 0 Å². The fraction of sp³-hybridized carbons (Fsp3) is 0.625. The molecule has 1 aliphatic carbocycles. The number of methoxy groups -OCH3 is 1. The van der Waals surface area contributed by atoms with E-state index >= 15 is 0 Å². The lowest BCUT2D eigenvalue weighted by Gasteiger charge is -2.36. The highest BCUT2D eigenvalue weighted by Gasteiger charge is 2.32. The summed E-state index contributed by atoms with van der Waals surface area (Å²) in [7, 11) is 1.72. The number of rotatable bonds is 5. The zero-order valence-electron chi connectivity index (χ0n) is 11.3. The maximum Gasteiger partial charge on any atom is 0.0649 e. The molecule has 0 spiro atoms. The lowest BCUT2D eigenvalue weighted by molar-refractivity contribution is -0.0146. The van der Waals surface area contributed by atoms with Crippen molar-refractivity contribution in [3.8, 4) is 0 Å². The number of benzene rings is 1. The largest absolute Gasteiger partial charge is 0.390 e. The zero-order valence-corrected chi connectivity index (χ0v) is 11.3. The van der Waals surface area contributed by atoms with Crippen LogP contribution in [0, 0.1) is 0 Å². The van der Waals surface area contributed by atoms with Crippen molar-refractivity contribution in [1.29, 1.82) is 0 Å². The van der Waals surface area contributed by atoms with E-state index in [4.69, 9.17) is 4.74 Å². The first-order valence-corrected chi connectivity index (χ1v) is 7.00. The van der Waals surface area contributed by atoms with Crippen LogP contribution in [-0.4, -0.2) is 24.4 Å². The van der Waals surface area contributed by atoms with Crippen LogP contribution in [0.5, 0.6) is 0 Å². The van der Waals surface area contributed by atoms with E-state index in [-0.39, 0.29) is 0 Å². The Morgan fingerprint density at radius 3 is 2.50 bits per heavy atom. The Morgan fingerprint density at radius 2 is 1.89 bits per heavy atom. The van der Waals surface area contributed by atoms with Crippen LogP contribution in [0.1, 0.15) is 50.0 Å². The third-order valence-electron chi connectivity index (χ3n) is 4.18. The van der Waals surface area contributed by atoms with Gasteiger partial charge in [-0.3, -0.25) is 0 Å². The minimum Gasteiger partial charge on any atom is -0.390 e. The summed E-state index contributed by atoms with van der Waals surface area (Å²) in [5.74, 6) is 0.633. The van der Waals surface area contributed by atoms with E-state index in [9.17, 15) is 5.11 Å². The van der Waals surface area contributed by atoms with Crippen LogP contribution in [0.4, 0.5) is 0 Å². The molecule has 0 unspecified atom stereocenters. The Balaban J connectivity index is 1.84. The molecular weight excluding hydrogens is 224 g/mol. The van der Waals surface area contributed by atoms with Gasteiger partial charge in [0.05, 0.1) is 5.60 Å². The molecule has 18 heavy (non-hydrogen) atoms. The van der Waals surface area contributed by atoms with Crippen LogP contribution in [0.25, 0.3) is 0 Å². The minimum atomic E-state index is -0.441. The van der Waals surface area contributed by atoms with Gasteiger partial charge in [-0.2, -0.15) is 0 Å². The first-order chi connectivity index (χ1) is 8.73. The molecule has 2 rings (SSSR count). The molecule has 0 atom stereocenters. The van der Waals surface area contributed by atoms with Crippen LogP contribution >= 0.6 is 0 Å². The lowest BCUT2D eigenvalue weighted by Crippen LogP contribution is -2.33. The minimum absolute atomic E-state index is 0.441. The first kappa shape index (κ1) is 13.6. The summed E-state index contributed by atoms with van der Waals surface area (Å²) in [6.45, 7) is 0.754. The van der Waals surface area contributed by atoms with Gasteiger partial charge in [-0.1, -0.05) is 30.3 Å². The summed E-state index contributed by atoms with van der Waals surface area (Å²) in [6, 6.07) is 10.7. The predicted molar refractivity (Wildman–Crippen MR) is 73.7 cm³/mol. The molecule has 2 nitrogen and oxygen atoms in total. The second-order valence-electron chi connectivity index (χ2n) is 5.51. The second kappa shape index (κ2) is 6.35. The van der Waals surface area contributed by atoms with E-state index in [2.05, 4.69) is 30.3 Å². The normalized spacial score (nSPS) is 28.2. The molecule has 1 aromatic rings. The van der Waals surface area contributed by atoms with Crippen LogP contribution in [0.15, 0.2) is 30.3 Å². The summed E-state index contributed by atoms with van der Waals surface area (Å²) >= 11 is 0. The molecule has 1 fully saturated rings. The summed E-state index contributed by atoms with van der Waals surface area (Å²) in [6.07, 6.45) is 5.90. The number of ether oxygens (including phenoxy) is 1. The third kappa shape index (κ3) is 3.56. The highest BCUT2D eigenvalue weighted by molar-refractivity contribution is 5.20. The van der Waals surface area contributed by atoms with Crippen LogP contribution in [-0.2, 0) is 4.74 Å². The second-order valence-corrected chi connectivity index (χ2v) is 5.51. The average Bonchev–Trinajstić information content (AvgIpc) is 2.41. The van der Waals surface area contributed by atoms with Crippen molar-refractivity contribution in [2.24, 2.45) is 0 Å². The number of aliphatic hydroxyl groups is 1. The highest BCUT2D eigenvalue weighted by atomic mass is 16.5. The van der Waals surface area contributed by atoms with Crippen molar-refractivity contribution in [3.63, 3.8) is 0 Å². The molecule has 0 aliphatic heterocycles. The standard InChI is InChI=1S/C16H24O2/c1-18-13-5-10-16(17)11-8-15(9-12-16)14-6-3-2-4-7-14/h2-4,6-7,15,17H,5,8-13H2,1H3. The molecule has 0 bridgehead atoms. The van der Waals surface area contributed by atoms with E-state index in [1.807, 2.05) is 0 Å². The molecule has 100 valence electrons. The highest BCUT2D eigenvalue weighted by Crippen LogP contribution is 2.39. The zero-order chi connectivity index (χ0) is 12.8. The molecule has 2 heteroatoms. The summed E-state index contributed by atoms with van der Waals surface area (Å²) < 4.78 is 5.06. The molecule has 0 aromatic heterocycles. The molecule has 0 heterocycles. The Hall–Kier alpha value is -0.860. The first-order valence-electron chi connectivity index (χ1n) is 7.00. The van der Waals surface area contributed by atoms with Gasteiger partial charge < -0.3 is 9.84 Å². The van der Waals surface area contributed by atoms with Crippen molar-refractivity contribution in [2.45, 2.75) is 50.0 Å². The van der Waals surface area contributed by atoms with Gasteiger partial charge in [0, 0.05) is 13.7 Å². The Labute approximate surface area is 110 Å². The van der Waals surface area contributed by atoms with E-state index < -0.39 is 5.60 Å². The quantitative estimate of drug-likeness (QED) is 0.808. The Kier molecular flexibility index (Phi) is 4.79. The van der Waals surface area contributed by atoms with Crippen molar-refractivity contribution in [2.75, 3.05) is 13.7 Å². The lowest BCUT2D eigenvalue weighted by atomic mass is 9.74. The predicted octanol–water partition coefficient (Wildman–Crippen LogP) is 3.50. The van der Waals surface area contributed by atoms with Crippen LogP contribution in [0.3, 0.4) is 0 Å². The molecular formula is C16H24O2. The van der Waals surface area contributed by atoms with Gasteiger partial charge in [-0.25, -0.2) is 0 Å². The van der Waals surface area contributed by atoms with Gasteiger partial charge in [0.2, 0.25) is 0 Å². The van der Waals surface area contributed by atoms with Gasteiger partial charge in [0.25, 0.3) is 0 Å². The van der Waals surface area contributed by atoms with Crippen LogP contribution in [0.2, 0.25) is 0 Å². The van der Waals surface area contributed by atoms with Crippen molar-refractivity contribution >= 4 is 0 Å². The monoisotopic (exact) mass is 248 g/mol. The van der Waals surface area contributed by atoms with E-state index in [1.54, 1.807) is 7.11 Å². The smallest absolute Gasteiger partial charge is 0.0649 e. The SMILES string of the molecule is COCCCC1(O)CCC(c2ccccc2)CC1. The summed E-state index contributed by atoms with van der Waals surface area (Å²) in [4.78, 5) is 0. The third-order valence-corrected chi connectivity index (χ3v) is 4.18. The number of hydrogen-bond donors (Lipinski definition) is 1. The van der Waals surface area contributed by atoms with Crippen molar-refractivity contribution in [3.05, 3.63) is 35.9 Å². The fourth-order valence-corrected chi connectivity index (χ4v) is 3.01. The molecule has 1 saturated carbocycles. The molecule has 1 aromatic carbocycles. The molecule has 0 saturated heterocycles. The molecule has 1 N–H and O–H groups in total. The summed E-state index contributed by atoms with van der Waals surface area (Å²) in [5, 5.41) is 10.5. The Morgan fingerprint density at radius 1 is 1.22 bits per heavy atom. The van der Waals surface area contributed by atoms with Gasteiger partial charge in [-0.15, -0.1) is 0 Å². The van der Waals surface area contributed by atoms with Crippen molar-refractivity contribution < 1.29 is 9.84 Å². The van der Waals surface area contributed by atoms with E-state index in [1.165, 1.54) is 5.56 Å². The van der Waals surface area contributed by atoms with Crippen LogP contribution < -0.4 is 0 Å².